The molecule has 1 aliphatic heterocycles. The van der Waals surface area contributed by atoms with Crippen LogP contribution in [0.25, 0.3) is 0 Å². The predicted octanol–water partition coefficient (Wildman–Crippen LogP) is 1.98. The van der Waals surface area contributed by atoms with E-state index < -0.39 is 0 Å². The third-order valence-electron chi connectivity index (χ3n) is 5.52. The molecule has 0 radical (unpaired) electrons. The highest BCUT2D eigenvalue weighted by molar-refractivity contribution is 5.85. The van der Waals surface area contributed by atoms with Crippen molar-refractivity contribution in [3.63, 3.8) is 0 Å². The van der Waals surface area contributed by atoms with Gasteiger partial charge in [0.05, 0.1) is 13.0 Å². The molecule has 7 heteroatoms. The van der Waals surface area contributed by atoms with Crippen LogP contribution in [0.2, 0.25) is 0 Å². The first-order chi connectivity index (χ1) is 15.0. The average molecular weight is 427 g/mol. The van der Waals surface area contributed by atoms with Gasteiger partial charge in [0.1, 0.15) is 5.82 Å². The molecule has 1 aliphatic rings. The zero-order chi connectivity index (χ0) is 22.1. The molecule has 166 valence electrons. The van der Waals surface area contributed by atoms with Gasteiger partial charge >= 0.3 is 0 Å². The zero-order valence-corrected chi connectivity index (χ0v) is 18.0. The number of carbonyl (C=O) groups excluding carboxylic acids is 2. The summed E-state index contributed by atoms with van der Waals surface area (Å²) in [6.45, 7) is 4.42. The molecular weight excluding hydrogens is 395 g/mol. The average Bonchev–Trinajstić information content (AvgIpc) is 2.76. The molecule has 2 aromatic rings. The first kappa shape index (κ1) is 22.9. The van der Waals surface area contributed by atoms with Crippen molar-refractivity contribution in [3.05, 3.63) is 71.5 Å². The molecular formula is C24H31FN4O2. The van der Waals surface area contributed by atoms with Crippen LogP contribution >= 0.6 is 0 Å². The number of rotatable bonds is 9. The Balaban J connectivity index is 1.35. The van der Waals surface area contributed by atoms with Crippen LogP contribution in [-0.2, 0) is 16.0 Å². The molecule has 0 aliphatic carbocycles. The van der Waals surface area contributed by atoms with Gasteiger partial charge in [0.2, 0.25) is 11.8 Å². The highest BCUT2D eigenvalue weighted by Gasteiger charge is 2.25. The van der Waals surface area contributed by atoms with Crippen molar-refractivity contribution >= 4 is 11.8 Å². The quantitative estimate of drug-likeness (QED) is 0.602. The molecule has 0 aromatic heterocycles. The van der Waals surface area contributed by atoms with Gasteiger partial charge in [0, 0.05) is 38.8 Å². The summed E-state index contributed by atoms with van der Waals surface area (Å²) in [5.41, 5.74) is 1.90. The Bertz CT molecular complexity index is 862. The summed E-state index contributed by atoms with van der Waals surface area (Å²) in [6, 6.07) is 16.8. The standard InChI is InChI=1S/C24H31FN4O2/c1-28-13-14-29(22(18-28)20-8-3-2-4-9-20)12-6-11-26-24(31)17-27-23(30)16-19-7-5-10-21(25)15-19/h2-5,7-10,15,22H,6,11-14,16-18H2,1H3,(H,26,31)(H,27,30). The maximum Gasteiger partial charge on any atom is 0.239 e. The van der Waals surface area contributed by atoms with Crippen LogP contribution in [0, 0.1) is 5.82 Å². The first-order valence-corrected chi connectivity index (χ1v) is 10.8. The Labute approximate surface area is 183 Å². The number of likely N-dealkylation sites (N-methyl/N-ethyl adjacent to an activating group) is 1. The summed E-state index contributed by atoms with van der Waals surface area (Å²) in [5.74, 6) is -0.896. The molecule has 1 heterocycles. The van der Waals surface area contributed by atoms with Crippen molar-refractivity contribution in [3.8, 4) is 0 Å². The molecule has 2 aromatic carbocycles. The van der Waals surface area contributed by atoms with E-state index in [1.54, 1.807) is 12.1 Å². The van der Waals surface area contributed by atoms with Crippen molar-refractivity contribution in [2.75, 3.05) is 46.3 Å². The van der Waals surface area contributed by atoms with Crippen LogP contribution in [0.3, 0.4) is 0 Å². The minimum Gasteiger partial charge on any atom is -0.355 e. The third kappa shape index (κ3) is 7.45. The molecule has 31 heavy (non-hydrogen) atoms. The lowest BCUT2D eigenvalue weighted by Crippen LogP contribution is -2.47. The van der Waals surface area contributed by atoms with Crippen LogP contribution in [0.1, 0.15) is 23.6 Å². The minimum atomic E-state index is -0.377. The highest BCUT2D eigenvalue weighted by atomic mass is 19.1. The summed E-state index contributed by atoms with van der Waals surface area (Å²) in [5, 5.41) is 5.45. The number of hydrogen-bond acceptors (Lipinski definition) is 4. The van der Waals surface area contributed by atoms with E-state index in [2.05, 4.69) is 51.7 Å². The molecule has 0 bridgehead atoms. The molecule has 2 amide bonds. The van der Waals surface area contributed by atoms with Crippen LogP contribution in [0.4, 0.5) is 4.39 Å². The highest BCUT2D eigenvalue weighted by Crippen LogP contribution is 2.24. The Hall–Kier alpha value is -2.77. The second-order valence-corrected chi connectivity index (χ2v) is 8.01. The van der Waals surface area contributed by atoms with Crippen molar-refractivity contribution in [2.24, 2.45) is 0 Å². The molecule has 1 fully saturated rings. The predicted molar refractivity (Wildman–Crippen MR) is 119 cm³/mol. The molecule has 3 rings (SSSR count). The lowest BCUT2D eigenvalue weighted by Gasteiger charge is -2.40. The second kappa shape index (κ2) is 11.6. The third-order valence-corrected chi connectivity index (χ3v) is 5.52. The second-order valence-electron chi connectivity index (χ2n) is 8.01. The van der Waals surface area contributed by atoms with Gasteiger partial charge in [-0.25, -0.2) is 4.39 Å². The number of nitrogens with zero attached hydrogens (tertiary/aromatic N) is 2. The normalized spacial score (nSPS) is 17.3. The number of halogens is 1. The Morgan fingerprint density at radius 2 is 1.84 bits per heavy atom. The monoisotopic (exact) mass is 426 g/mol. The van der Waals surface area contributed by atoms with Crippen molar-refractivity contribution < 1.29 is 14.0 Å². The van der Waals surface area contributed by atoms with Gasteiger partial charge in [0.25, 0.3) is 0 Å². The molecule has 1 unspecified atom stereocenters. The van der Waals surface area contributed by atoms with Gasteiger partial charge in [0.15, 0.2) is 0 Å². The topological polar surface area (TPSA) is 64.7 Å². The van der Waals surface area contributed by atoms with Gasteiger partial charge in [-0.2, -0.15) is 0 Å². The fourth-order valence-corrected chi connectivity index (χ4v) is 3.86. The summed E-state index contributed by atoms with van der Waals surface area (Å²) in [6.07, 6.45) is 0.894. The number of carbonyl (C=O) groups is 2. The van der Waals surface area contributed by atoms with Crippen LogP contribution in [0.15, 0.2) is 54.6 Å². The number of nitrogens with one attached hydrogen (secondary N) is 2. The van der Waals surface area contributed by atoms with Crippen molar-refractivity contribution in [1.82, 2.24) is 20.4 Å². The number of piperazine rings is 1. The van der Waals surface area contributed by atoms with Gasteiger partial charge < -0.3 is 15.5 Å². The maximum atomic E-state index is 13.2. The fraction of sp³-hybridized carbons (Fsp3) is 0.417. The van der Waals surface area contributed by atoms with E-state index in [0.717, 1.165) is 32.6 Å². The van der Waals surface area contributed by atoms with E-state index in [1.807, 2.05) is 6.07 Å². The lowest BCUT2D eigenvalue weighted by atomic mass is 10.0. The summed E-state index contributed by atoms with van der Waals surface area (Å²) in [7, 11) is 2.15. The number of hydrogen-bond donors (Lipinski definition) is 2. The molecule has 6 nitrogen and oxygen atoms in total. The van der Waals surface area contributed by atoms with Crippen molar-refractivity contribution in [1.29, 1.82) is 0 Å². The van der Waals surface area contributed by atoms with Gasteiger partial charge in [-0.05, 0) is 36.7 Å². The lowest BCUT2D eigenvalue weighted by molar-refractivity contribution is -0.125. The molecule has 1 atom stereocenters. The van der Waals surface area contributed by atoms with E-state index >= 15 is 0 Å². The molecule has 0 spiro atoms. The van der Waals surface area contributed by atoms with Gasteiger partial charge in [-0.15, -0.1) is 0 Å². The van der Waals surface area contributed by atoms with E-state index in [0.29, 0.717) is 18.2 Å². The largest absolute Gasteiger partial charge is 0.355 e. The van der Waals surface area contributed by atoms with Crippen LogP contribution in [-0.4, -0.2) is 67.9 Å². The van der Waals surface area contributed by atoms with Gasteiger partial charge in [-0.3, -0.25) is 14.5 Å². The first-order valence-electron chi connectivity index (χ1n) is 10.8. The number of amides is 2. The van der Waals surface area contributed by atoms with E-state index in [1.165, 1.54) is 17.7 Å². The van der Waals surface area contributed by atoms with Crippen LogP contribution < -0.4 is 10.6 Å². The fourth-order valence-electron chi connectivity index (χ4n) is 3.86. The maximum absolute atomic E-state index is 13.2. The van der Waals surface area contributed by atoms with Crippen LogP contribution in [0.5, 0.6) is 0 Å². The van der Waals surface area contributed by atoms with E-state index in [4.69, 9.17) is 0 Å². The van der Waals surface area contributed by atoms with E-state index in [-0.39, 0.29) is 30.6 Å². The van der Waals surface area contributed by atoms with Gasteiger partial charge in [-0.1, -0.05) is 42.5 Å². The SMILES string of the molecule is CN1CCN(CCCNC(=O)CNC(=O)Cc2cccc(F)c2)C(c2ccccc2)C1. The smallest absolute Gasteiger partial charge is 0.239 e. The summed E-state index contributed by atoms with van der Waals surface area (Å²) >= 11 is 0. The molecule has 2 N–H and O–H groups in total. The molecule has 1 saturated heterocycles. The molecule has 0 saturated carbocycles. The Morgan fingerprint density at radius 3 is 2.61 bits per heavy atom. The minimum absolute atomic E-state index is 0.0509. The van der Waals surface area contributed by atoms with E-state index in [9.17, 15) is 14.0 Å². The number of benzene rings is 2. The summed E-state index contributed by atoms with van der Waals surface area (Å²) in [4.78, 5) is 28.8. The van der Waals surface area contributed by atoms with Crippen molar-refractivity contribution in [2.45, 2.75) is 18.9 Å². The zero-order valence-electron chi connectivity index (χ0n) is 18.0. The Morgan fingerprint density at radius 1 is 1.03 bits per heavy atom. The Kier molecular flexibility index (Phi) is 8.55. The summed E-state index contributed by atoms with van der Waals surface area (Å²) < 4.78 is 13.2.